The smallest absolute Gasteiger partial charge is 0.253 e. The molecule has 2 heterocycles. The molecule has 0 atom stereocenters. The van der Waals surface area contributed by atoms with Crippen molar-refractivity contribution in [2.75, 3.05) is 6.61 Å². The number of rotatable bonds is 3. The van der Waals surface area contributed by atoms with Crippen molar-refractivity contribution in [2.45, 2.75) is 18.0 Å². The molecular formula is C10H10O3. The van der Waals surface area contributed by atoms with E-state index in [9.17, 15) is 0 Å². The molecule has 3 heteroatoms. The number of benzene rings is 1. The molecule has 1 N–H and O–H groups in total. The van der Waals surface area contributed by atoms with E-state index in [2.05, 4.69) is 0 Å². The van der Waals surface area contributed by atoms with Gasteiger partial charge in [-0.3, -0.25) is 0 Å². The van der Waals surface area contributed by atoms with E-state index in [-0.39, 0.29) is 6.61 Å². The van der Waals surface area contributed by atoms with Crippen molar-refractivity contribution >= 4 is 0 Å². The van der Waals surface area contributed by atoms with E-state index in [1.165, 1.54) is 5.56 Å². The molecule has 1 aromatic rings. The second-order valence-corrected chi connectivity index (χ2v) is 3.53. The van der Waals surface area contributed by atoms with Gasteiger partial charge >= 0.3 is 0 Å². The highest BCUT2D eigenvalue weighted by molar-refractivity contribution is 5.26. The van der Waals surface area contributed by atoms with Crippen LogP contribution in [0.5, 0.6) is 0 Å². The maximum Gasteiger partial charge on any atom is 0.253 e. The van der Waals surface area contributed by atoms with E-state index in [1.54, 1.807) is 0 Å². The van der Waals surface area contributed by atoms with Crippen LogP contribution in [-0.4, -0.2) is 23.3 Å². The third-order valence-corrected chi connectivity index (χ3v) is 2.64. The molecule has 0 unspecified atom stereocenters. The molecule has 0 aromatic heterocycles. The Labute approximate surface area is 75.9 Å². The third-order valence-electron chi connectivity index (χ3n) is 2.64. The van der Waals surface area contributed by atoms with Crippen molar-refractivity contribution in [3.8, 4) is 0 Å². The summed E-state index contributed by atoms with van der Waals surface area (Å²) in [6.07, 6.45) is 0.731. The highest BCUT2D eigenvalue weighted by Crippen LogP contribution is 2.68. The fourth-order valence-electron chi connectivity index (χ4n) is 1.75. The van der Waals surface area contributed by atoms with Crippen LogP contribution in [0, 0.1) is 0 Å². The van der Waals surface area contributed by atoms with Crippen molar-refractivity contribution in [1.82, 2.24) is 0 Å². The summed E-state index contributed by atoms with van der Waals surface area (Å²) in [5, 5.41) is 8.90. The molecule has 0 aliphatic carbocycles. The summed E-state index contributed by atoms with van der Waals surface area (Å²) in [6.45, 7) is -0.0418. The van der Waals surface area contributed by atoms with Crippen molar-refractivity contribution < 1.29 is 14.6 Å². The van der Waals surface area contributed by atoms with E-state index in [4.69, 9.17) is 14.6 Å². The van der Waals surface area contributed by atoms with Gasteiger partial charge in [-0.1, -0.05) is 30.3 Å². The molecule has 68 valence electrons. The van der Waals surface area contributed by atoms with Crippen LogP contribution in [0.15, 0.2) is 30.3 Å². The predicted molar refractivity (Wildman–Crippen MR) is 44.9 cm³/mol. The molecule has 0 amide bonds. The van der Waals surface area contributed by atoms with Gasteiger partial charge in [0.15, 0.2) is 0 Å². The number of fused-ring (bicyclic) bond motifs is 1. The Balaban J connectivity index is 1.74. The number of hydrogen-bond donors (Lipinski definition) is 1. The molecule has 3 nitrogen and oxygen atoms in total. The molecule has 1 aromatic carbocycles. The first-order chi connectivity index (χ1) is 6.30. The average Bonchev–Trinajstić information content (AvgIpc) is 2.92. The van der Waals surface area contributed by atoms with Crippen molar-refractivity contribution in [1.29, 1.82) is 0 Å². The molecule has 2 aliphatic heterocycles. The summed E-state index contributed by atoms with van der Waals surface area (Å²) in [6, 6.07) is 10.00. The van der Waals surface area contributed by atoms with E-state index in [0.29, 0.717) is 0 Å². The zero-order valence-electron chi connectivity index (χ0n) is 7.06. The molecule has 2 saturated heterocycles. The second kappa shape index (κ2) is 2.12. The second-order valence-electron chi connectivity index (χ2n) is 3.53. The summed E-state index contributed by atoms with van der Waals surface area (Å²) in [7, 11) is 0. The molecule has 3 rings (SSSR count). The first kappa shape index (κ1) is 7.50. The minimum absolute atomic E-state index is 0.0418. The topological polar surface area (TPSA) is 45.3 Å². The van der Waals surface area contributed by atoms with Crippen LogP contribution >= 0.6 is 0 Å². The zero-order chi connectivity index (χ0) is 8.94. The molecular weight excluding hydrogens is 168 g/mol. The van der Waals surface area contributed by atoms with Gasteiger partial charge in [-0.2, -0.15) is 0 Å². The fraction of sp³-hybridized carbons (Fsp3) is 0.400. The van der Waals surface area contributed by atoms with Crippen LogP contribution in [0.2, 0.25) is 0 Å². The maximum atomic E-state index is 8.90. The Morgan fingerprint density at radius 2 is 1.77 bits per heavy atom. The maximum absolute atomic E-state index is 8.90. The summed E-state index contributed by atoms with van der Waals surface area (Å²) >= 11 is 0. The lowest BCUT2D eigenvalue weighted by atomic mass is 10.1. The Morgan fingerprint density at radius 1 is 1.08 bits per heavy atom. The lowest BCUT2D eigenvalue weighted by Crippen LogP contribution is -2.03. The van der Waals surface area contributed by atoms with Crippen LogP contribution < -0.4 is 0 Å². The number of ether oxygens (including phenoxy) is 2. The Morgan fingerprint density at radius 3 is 2.31 bits per heavy atom. The van der Waals surface area contributed by atoms with Crippen LogP contribution in [0.1, 0.15) is 5.56 Å². The number of aliphatic hydroxyl groups is 1. The van der Waals surface area contributed by atoms with Gasteiger partial charge < -0.3 is 14.6 Å². The van der Waals surface area contributed by atoms with Crippen molar-refractivity contribution in [3.63, 3.8) is 0 Å². The zero-order valence-corrected chi connectivity index (χ0v) is 7.06. The lowest BCUT2D eigenvalue weighted by Gasteiger charge is -2.00. The first-order valence-electron chi connectivity index (χ1n) is 4.35. The summed E-state index contributed by atoms with van der Waals surface area (Å²) in [5.41, 5.74) is 1.18. The van der Waals surface area contributed by atoms with E-state index in [0.717, 1.165) is 6.42 Å². The van der Waals surface area contributed by atoms with Gasteiger partial charge in [-0.15, -0.1) is 0 Å². The van der Waals surface area contributed by atoms with Crippen molar-refractivity contribution in [3.05, 3.63) is 35.9 Å². The predicted octanol–water partition coefficient (Wildman–Crippen LogP) is 0.674. The minimum atomic E-state index is -0.636. The Bertz CT molecular complexity index is 327. The van der Waals surface area contributed by atoms with Crippen LogP contribution in [0.4, 0.5) is 0 Å². The largest absolute Gasteiger partial charge is 0.391 e. The molecule has 0 spiro atoms. The SMILES string of the molecule is OCC12OC1(Cc1ccccc1)O2. The number of epoxide rings is 2. The average molecular weight is 178 g/mol. The highest BCUT2D eigenvalue weighted by atomic mass is 17.1. The highest BCUT2D eigenvalue weighted by Gasteiger charge is 2.90. The molecule has 2 aliphatic rings. The summed E-state index contributed by atoms with van der Waals surface area (Å²) in [5.74, 6) is -1.12. The standard InChI is InChI=1S/C10H10O3/c11-7-10-9(12-10,13-10)6-8-4-2-1-3-5-8/h1-5,11H,6-7H2. The molecule has 0 bridgehead atoms. The first-order valence-corrected chi connectivity index (χ1v) is 4.35. The summed E-state index contributed by atoms with van der Waals surface area (Å²) < 4.78 is 10.5. The van der Waals surface area contributed by atoms with Crippen molar-refractivity contribution in [2.24, 2.45) is 0 Å². The van der Waals surface area contributed by atoms with Crippen LogP contribution in [0.25, 0.3) is 0 Å². The van der Waals surface area contributed by atoms with Gasteiger partial charge in [0.2, 0.25) is 5.79 Å². The van der Waals surface area contributed by atoms with Gasteiger partial charge in [-0.05, 0) is 5.56 Å². The normalized spacial score (nSPS) is 39.8. The fourth-order valence-corrected chi connectivity index (χ4v) is 1.75. The van der Waals surface area contributed by atoms with Crippen LogP contribution in [0.3, 0.4) is 0 Å². The summed E-state index contributed by atoms with van der Waals surface area (Å²) in [4.78, 5) is 0. The molecule has 0 saturated carbocycles. The number of hydrogen-bond acceptors (Lipinski definition) is 3. The molecule has 2 fully saturated rings. The molecule has 13 heavy (non-hydrogen) atoms. The quantitative estimate of drug-likeness (QED) is 0.692. The monoisotopic (exact) mass is 178 g/mol. The Hall–Kier alpha value is -0.900. The van der Waals surface area contributed by atoms with Gasteiger partial charge in [0.25, 0.3) is 5.79 Å². The van der Waals surface area contributed by atoms with Gasteiger partial charge in [0.1, 0.15) is 6.61 Å². The Kier molecular flexibility index (Phi) is 1.22. The molecule has 0 radical (unpaired) electrons. The van der Waals surface area contributed by atoms with E-state index < -0.39 is 11.6 Å². The van der Waals surface area contributed by atoms with Gasteiger partial charge in [-0.25, -0.2) is 0 Å². The minimum Gasteiger partial charge on any atom is -0.391 e. The van der Waals surface area contributed by atoms with Crippen LogP contribution in [-0.2, 0) is 15.9 Å². The van der Waals surface area contributed by atoms with Gasteiger partial charge in [0, 0.05) is 6.42 Å². The van der Waals surface area contributed by atoms with Gasteiger partial charge in [0.05, 0.1) is 0 Å². The van der Waals surface area contributed by atoms with E-state index in [1.807, 2.05) is 30.3 Å². The van der Waals surface area contributed by atoms with E-state index >= 15 is 0 Å². The lowest BCUT2D eigenvalue weighted by molar-refractivity contribution is -0.111. The number of aliphatic hydroxyl groups excluding tert-OH is 1. The third kappa shape index (κ3) is 0.892.